The normalized spacial score (nSPS) is 29.9. The second-order valence-corrected chi connectivity index (χ2v) is 3.22. The SMILES string of the molecule is C/C=C1\C(=O)N2C=CS[C@H]12.[Na]. The van der Waals surface area contributed by atoms with E-state index < -0.39 is 0 Å². The fourth-order valence-corrected chi connectivity index (χ4v) is 2.20. The fourth-order valence-electron chi connectivity index (χ4n) is 1.17. The maximum Gasteiger partial charge on any atom is 0.257 e. The van der Waals surface area contributed by atoms with Gasteiger partial charge < -0.3 is 0 Å². The monoisotopic (exact) mass is 176 g/mol. The van der Waals surface area contributed by atoms with Crippen molar-refractivity contribution in [2.75, 3.05) is 0 Å². The minimum absolute atomic E-state index is 0. The molecule has 0 spiro atoms. The van der Waals surface area contributed by atoms with Crippen LogP contribution in [0.4, 0.5) is 0 Å². The number of fused-ring (bicyclic) bond motifs is 1. The molecule has 53 valence electrons. The van der Waals surface area contributed by atoms with Crippen molar-refractivity contribution in [2.24, 2.45) is 0 Å². The number of carbonyl (C=O) groups is 1. The maximum atomic E-state index is 11.1. The van der Waals surface area contributed by atoms with E-state index in [1.54, 1.807) is 16.7 Å². The van der Waals surface area contributed by atoms with Gasteiger partial charge in [0.25, 0.3) is 5.91 Å². The van der Waals surface area contributed by atoms with Gasteiger partial charge in [-0.1, -0.05) is 6.08 Å². The summed E-state index contributed by atoms with van der Waals surface area (Å²) in [5.74, 6) is 0.161. The fraction of sp³-hybridized carbons (Fsp3) is 0.286. The van der Waals surface area contributed by atoms with Crippen molar-refractivity contribution >= 4 is 47.2 Å². The first-order valence-electron chi connectivity index (χ1n) is 3.15. The zero-order valence-corrected chi connectivity index (χ0v) is 9.39. The van der Waals surface area contributed by atoms with Gasteiger partial charge in [0.2, 0.25) is 0 Å². The number of rotatable bonds is 0. The van der Waals surface area contributed by atoms with Crippen LogP contribution in [0.2, 0.25) is 0 Å². The molecule has 0 unspecified atom stereocenters. The van der Waals surface area contributed by atoms with Gasteiger partial charge >= 0.3 is 0 Å². The summed E-state index contributed by atoms with van der Waals surface area (Å²) in [5.41, 5.74) is 0.940. The molecule has 1 saturated heterocycles. The molecule has 2 aliphatic heterocycles. The van der Waals surface area contributed by atoms with Crippen molar-refractivity contribution < 1.29 is 4.79 Å². The van der Waals surface area contributed by atoms with E-state index in [0.717, 1.165) is 5.57 Å². The molecule has 0 bridgehead atoms. The number of hydrogen-bond acceptors (Lipinski definition) is 2. The number of carbonyl (C=O) groups excluding carboxylic acids is 1. The Kier molecular flexibility index (Phi) is 2.86. The summed E-state index contributed by atoms with van der Waals surface area (Å²) in [7, 11) is 0. The van der Waals surface area contributed by atoms with Crippen LogP contribution in [0.3, 0.4) is 0 Å². The zero-order valence-electron chi connectivity index (χ0n) is 6.57. The first kappa shape index (κ1) is 9.39. The molecule has 2 heterocycles. The van der Waals surface area contributed by atoms with E-state index in [2.05, 4.69) is 0 Å². The van der Waals surface area contributed by atoms with Gasteiger partial charge in [-0.05, 0) is 12.3 Å². The van der Waals surface area contributed by atoms with E-state index in [0.29, 0.717) is 5.37 Å². The van der Waals surface area contributed by atoms with E-state index in [9.17, 15) is 4.79 Å². The van der Waals surface area contributed by atoms with Crippen LogP contribution in [0, 0.1) is 0 Å². The predicted octanol–water partition coefficient (Wildman–Crippen LogP) is 0.938. The van der Waals surface area contributed by atoms with Gasteiger partial charge in [0, 0.05) is 41.3 Å². The van der Waals surface area contributed by atoms with E-state index in [1.165, 1.54) is 0 Å². The van der Waals surface area contributed by atoms with Crippen molar-refractivity contribution in [3.8, 4) is 0 Å². The summed E-state index contributed by atoms with van der Waals surface area (Å²) in [6, 6.07) is 0. The summed E-state index contributed by atoms with van der Waals surface area (Å²) in [5, 5.41) is 2.26. The molecule has 2 nitrogen and oxygen atoms in total. The van der Waals surface area contributed by atoms with Crippen LogP contribution in [0.1, 0.15) is 6.92 Å². The van der Waals surface area contributed by atoms with Crippen LogP contribution < -0.4 is 0 Å². The molecular formula is C7H7NNaOS. The minimum atomic E-state index is 0. The van der Waals surface area contributed by atoms with Gasteiger partial charge in [-0.25, -0.2) is 0 Å². The topological polar surface area (TPSA) is 20.3 Å². The van der Waals surface area contributed by atoms with E-state index in [4.69, 9.17) is 0 Å². The van der Waals surface area contributed by atoms with Gasteiger partial charge in [0.05, 0.1) is 0 Å². The molecule has 11 heavy (non-hydrogen) atoms. The van der Waals surface area contributed by atoms with Crippen molar-refractivity contribution in [1.82, 2.24) is 4.90 Å². The number of thioether (sulfide) groups is 1. The molecule has 0 aromatic carbocycles. The van der Waals surface area contributed by atoms with E-state index >= 15 is 0 Å². The van der Waals surface area contributed by atoms with E-state index in [1.807, 2.05) is 24.6 Å². The number of amides is 1. The Balaban J connectivity index is 0.000000605. The summed E-state index contributed by atoms with van der Waals surface area (Å²) in [6.07, 6.45) is 3.73. The van der Waals surface area contributed by atoms with Crippen LogP contribution in [0.15, 0.2) is 23.3 Å². The largest absolute Gasteiger partial charge is 0.298 e. The van der Waals surface area contributed by atoms with Crippen molar-refractivity contribution in [1.29, 1.82) is 0 Å². The van der Waals surface area contributed by atoms with Crippen LogP contribution in [-0.4, -0.2) is 45.7 Å². The zero-order chi connectivity index (χ0) is 7.14. The molecule has 0 aliphatic carbocycles. The molecular weight excluding hydrogens is 169 g/mol. The summed E-state index contributed by atoms with van der Waals surface area (Å²) in [6.45, 7) is 1.91. The predicted molar refractivity (Wildman–Crippen MR) is 46.9 cm³/mol. The standard InChI is InChI=1S/C7H7NOS.Na/c1-2-5-6(9)8-3-4-10-7(5)8;/h2-4,7H,1H3;/b5-2+;/t7-;/m1./s1. The molecule has 0 saturated carbocycles. The Hall–Kier alpha value is 0.300. The van der Waals surface area contributed by atoms with Crippen LogP contribution >= 0.6 is 11.8 Å². The quantitative estimate of drug-likeness (QED) is 0.311. The van der Waals surface area contributed by atoms with Crippen molar-refractivity contribution in [3.63, 3.8) is 0 Å². The summed E-state index contributed by atoms with van der Waals surface area (Å²) >= 11 is 1.68. The second-order valence-electron chi connectivity index (χ2n) is 2.23. The third kappa shape index (κ3) is 1.20. The molecule has 1 atom stereocenters. The van der Waals surface area contributed by atoms with Gasteiger partial charge in [0.1, 0.15) is 5.37 Å². The maximum absolute atomic E-state index is 11.1. The van der Waals surface area contributed by atoms with Crippen molar-refractivity contribution in [3.05, 3.63) is 23.3 Å². The second kappa shape index (κ2) is 3.35. The Morgan fingerprint density at radius 3 is 3.09 bits per heavy atom. The average Bonchev–Trinajstić information content (AvgIpc) is 2.33. The minimum Gasteiger partial charge on any atom is -0.298 e. The third-order valence-electron chi connectivity index (χ3n) is 1.74. The molecule has 0 N–H and O–H groups in total. The smallest absolute Gasteiger partial charge is 0.257 e. The average molecular weight is 176 g/mol. The molecule has 1 fully saturated rings. The number of nitrogens with zero attached hydrogens (tertiary/aromatic N) is 1. The molecule has 2 aliphatic rings. The Morgan fingerprint density at radius 2 is 2.45 bits per heavy atom. The molecule has 2 rings (SSSR count). The van der Waals surface area contributed by atoms with Crippen LogP contribution in [0.5, 0.6) is 0 Å². The summed E-state index contributed by atoms with van der Waals surface area (Å²) < 4.78 is 0. The van der Waals surface area contributed by atoms with Gasteiger partial charge in [-0.2, -0.15) is 0 Å². The van der Waals surface area contributed by atoms with Gasteiger partial charge in [-0.15, -0.1) is 11.8 Å². The first-order chi connectivity index (χ1) is 4.84. The third-order valence-corrected chi connectivity index (χ3v) is 2.76. The first-order valence-corrected chi connectivity index (χ1v) is 4.10. The molecule has 1 radical (unpaired) electrons. The number of β-lactam (4-membered cyclic amide) rings is 1. The van der Waals surface area contributed by atoms with Crippen LogP contribution in [-0.2, 0) is 4.79 Å². The van der Waals surface area contributed by atoms with Crippen LogP contribution in [0.25, 0.3) is 0 Å². The Labute approximate surface area is 92.0 Å². The number of hydrogen-bond donors (Lipinski definition) is 0. The Morgan fingerprint density at radius 1 is 1.73 bits per heavy atom. The molecule has 0 aromatic rings. The molecule has 4 heteroatoms. The van der Waals surface area contributed by atoms with E-state index in [-0.39, 0.29) is 35.5 Å². The molecule has 1 amide bonds. The van der Waals surface area contributed by atoms with Gasteiger partial charge in [-0.3, -0.25) is 9.69 Å². The van der Waals surface area contributed by atoms with Gasteiger partial charge in [0.15, 0.2) is 0 Å². The van der Waals surface area contributed by atoms with Crippen molar-refractivity contribution in [2.45, 2.75) is 12.3 Å². The Bertz CT molecular complexity index is 249. The number of allylic oxidation sites excluding steroid dienone is 1. The molecule has 0 aromatic heterocycles. The summed E-state index contributed by atoms with van der Waals surface area (Å²) in [4.78, 5) is 12.8.